The molecule has 186 valence electrons. The molecule has 0 bridgehead atoms. The van der Waals surface area contributed by atoms with Gasteiger partial charge in [-0.15, -0.1) is 0 Å². The predicted octanol–water partition coefficient (Wildman–Crippen LogP) is 2.39. The molecular weight excluding hydrogens is 456 g/mol. The number of ether oxygens (including phenoxy) is 3. The number of anilines is 1. The molecule has 2 unspecified atom stereocenters. The van der Waals surface area contributed by atoms with E-state index in [0.717, 1.165) is 51.2 Å². The summed E-state index contributed by atoms with van der Waals surface area (Å²) in [5, 5.41) is 10.4. The molecule has 0 radical (unpaired) electrons. The summed E-state index contributed by atoms with van der Waals surface area (Å²) < 4.78 is 17.5. The SMILES string of the molecule is CC(O)c1cc(C(=O)N2CCC2)cc2ncc(N3CCO[C@H](COC4CCCCO4)C3)nc12.S. The van der Waals surface area contributed by atoms with E-state index in [0.29, 0.717) is 48.5 Å². The Morgan fingerprint density at radius 3 is 2.76 bits per heavy atom. The lowest BCUT2D eigenvalue weighted by Gasteiger charge is -2.34. The predicted molar refractivity (Wildman–Crippen MR) is 133 cm³/mol. The number of fused-ring (bicyclic) bond motifs is 1. The third-order valence-electron chi connectivity index (χ3n) is 6.57. The Labute approximate surface area is 206 Å². The summed E-state index contributed by atoms with van der Waals surface area (Å²) in [5.41, 5.74) is 2.41. The third-order valence-corrected chi connectivity index (χ3v) is 6.57. The summed E-state index contributed by atoms with van der Waals surface area (Å²) in [6.45, 7) is 6.40. The van der Waals surface area contributed by atoms with E-state index < -0.39 is 6.10 Å². The van der Waals surface area contributed by atoms with Crippen LogP contribution in [0.15, 0.2) is 18.3 Å². The van der Waals surface area contributed by atoms with Crippen LogP contribution in [0.3, 0.4) is 0 Å². The molecule has 1 aromatic carbocycles. The van der Waals surface area contributed by atoms with Gasteiger partial charge in [-0.3, -0.25) is 9.78 Å². The van der Waals surface area contributed by atoms with E-state index in [-0.39, 0.29) is 31.8 Å². The summed E-state index contributed by atoms with van der Waals surface area (Å²) in [5.74, 6) is 0.710. The minimum atomic E-state index is -0.762. The van der Waals surface area contributed by atoms with Crippen LogP contribution in [-0.4, -0.2) is 84.3 Å². The van der Waals surface area contributed by atoms with Gasteiger partial charge in [0.2, 0.25) is 0 Å². The van der Waals surface area contributed by atoms with E-state index in [1.54, 1.807) is 25.3 Å². The molecular formula is C24H34N4O5S. The Morgan fingerprint density at radius 2 is 2.06 bits per heavy atom. The van der Waals surface area contributed by atoms with Crippen LogP contribution in [0.2, 0.25) is 0 Å². The molecule has 2 aromatic rings. The Bertz CT molecular complexity index is 997. The molecule has 9 nitrogen and oxygen atoms in total. The van der Waals surface area contributed by atoms with Crippen LogP contribution >= 0.6 is 13.5 Å². The van der Waals surface area contributed by atoms with Crippen molar-refractivity contribution in [1.29, 1.82) is 0 Å². The molecule has 10 heteroatoms. The standard InChI is InChI=1S/C24H32N4O5.H2S/c1-16(29)19-11-17(24(30)27-6-4-7-27)12-20-23(19)26-21(13-25-20)28-8-10-31-18(14-28)15-33-22-5-2-3-9-32-22;/h11-13,16,18,22,29H,2-10,14-15H2,1H3;1H2/t16?,18-,22?;/m0./s1. The van der Waals surface area contributed by atoms with Gasteiger partial charge in [-0.1, -0.05) is 0 Å². The van der Waals surface area contributed by atoms with Gasteiger partial charge >= 0.3 is 0 Å². The second kappa shape index (κ2) is 11.2. The first-order valence-electron chi connectivity index (χ1n) is 12.0. The molecule has 3 fully saturated rings. The molecule has 5 rings (SSSR count). The number of carbonyl (C=O) groups excluding carboxylic acids is 1. The van der Waals surface area contributed by atoms with E-state index in [9.17, 15) is 9.90 Å². The van der Waals surface area contributed by atoms with Crippen molar-refractivity contribution in [2.75, 3.05) is 50.9 Å². The first kappa shape index (κ1) is 25.1. The van der Waals surface area contributed by atoms with Gasteiger partial charge in [0.05, 0.1) is 42.7 Å². The monoisotopic (exact) mass is 490 g/mol. The third kappa shape index (κ3) is 5.46. The Balaban J connectivity index is 0.00000274. The van der Waals surface area contributed by atoms with Crippen LogP contribution < -0.4 is 4.90 Å². The number of carbonyl (C=O) groups is 1. The van der Waals surface area contributed by atoms with Gasteiger partial charge in [-0.25, -0.2) is 4.98 Å². The van der Waals surface area contributed by atoms with Crippen molar-refractivity contribution in [2.24, 2.45) is 0 Å². The summed E-state index contributed by atoms with van der Waals surface area (Å²) in [4.78, 5) is 26.1. The lowest BCUT2D eigenvalue weighted by atomic mass is 10.0. The topological polar surface area (TPSA) is 97.3 Å². The fraction of sp³-hybridized carbons (Fsp3) is 0.625. The lowest BCUT2D eigenvalue weighted by molar-refractivity contribution is -0.180. The number of rotatable bonds is 6. The maximum atomic E-state index is 12.7. The number of likely N-dealkylation sites (tertiary alicyclic amines) is 1. The summed E-state index contributed by atoms with van der Waals surface area (Å²) in [6.07, 6.45) is 4.95. The van der Waals surface area contributed by atoms with Gasteiger partial charge in [0.15, 0.2) is 6.29 Å². The Hall–Kier alpha value is -1.98. The molecule has 34 heavy (non-hydrogen) atoms. The van der Waals surface area contributed by atoms with Crippen LogP contribution in [0.25, 0.3) is 11.0 Å². The van der Waals surface area contributed by atoms with Crippen LogP contribution in [0, 0.1) is 0 Å². The number of nitrogens with zero attached hydrogens (tertiary/aromatic N) is 4. The number of amides is 1. The fourth-order valence-electron chi connectivity index (χ4n) is 4.51. The van der Waals surface area contributed by atoms with Gasteiger partial charge in [-0.05, 0) is 44.7 Å². The minimum absolute atomic E-state index is 0. The first-order chi connectivity index (χ1) is 16.1. The maximum Gasteiger partial charge on any atom is 0.253 e. The van der Waals surface area contributed by atoms with Gasteiger partial charge in [0, 0.05) is 43.9 Å². The number of benzene rings is 1. The second-order valence-electron chi connectivity index (χ2n) is 9.05. The highest BCUT2D eigenvalue weighted by molar-refractivity contribution is 7.59. The van der Waals surface area contributed by atoms with Crippen LogP contribution in [-0.2, 0) is 14.2 Å². The molecule has 1 amide bonds. The molecule has 0 saturated carbocycles. The Morgan fingerprint density at radius 1 is 1.21 bits per heavy atom. The normalized spacial score (nSPS) is 23.8. The maximum absolute atomic E-state index is 12.7. The van der Waals surface area contributed by atoms with Crippen LogP contribution in [0.4, 0.5) is 5.82 Å². The molecule has 1 N–H and O–H groups in total. The van der Waals surface area contributed by atoms with E-state index in [2.05, 4.69) is 9.88 Å². The quantitative estimate of drug-likeness (QED) is 0.659. The van der Waals surface area contributed by atoms with Crippen molar-refractivity contribution < 1.29 is 24.1 Å². The summed E-state index contributed by atoms with van der Waals surface area (Å²) in [7, 11) is 0. The molecule has 3 saturated heterocycles. The summed E-state index contributed by atoms with van der Waals surface area (Å²) >= 11 is 0. The molecule has 3 aliphatic heterocycles. The highest BCUT2D eigenvalue weighted by Crippen LogP contribution is 2.28. The van der Waals surface area contributed by atoms with Crippen LogP contribution in [0.5, 0.6) is 0 Å². The smallest absolute Gasteiger partial charge is 0.253 e. The van der Waals surface area contributed by atoms with Gasteiger partial charge in [-0.2, -0.15) is 13.5 Å². The molecule has 3 atom stereocenters. The zero-order valence-electron chi connectivity index (χ0n) is 19.6. The van der Waals surface area contributed by atoms with E-state index in [1.165, 1.54) is 0 Å². The number of hydrogen-bond donors (Lipinski definition) is 1. The van der Waals surface area contributed by atoms with Crippen molar-refractivity contribution in [1.82, 2.24) is 14.9 Å². The van der Waals surface area contributed by atoms with Crippen molar-refractivity contribution in [3.63, 3.8) is 0 Å². The van der Waals surface area contributed by atoms with Crippen molar-refractivity contribution in [3.8, 4) is 0 Å². The number of hydrogen-bond acceptors (Lipinski definition) is 8. The largest absolute Gasteiger partial charge is 0.389 e. The average Bonchev–Trinajstić information content (AvgIpc) is 2.81. The Kier molecular flexibility index (Phi) is 8.26. The first-order valence-corrected chi connectivity index (χ1v) is 12.0. The minimum Gasteiger partial charge on any atom is -0.389 e. The van der Waals surface area contributed by atoms with E-state index in [4.69, 9.17) is 19.2 Å². The zero-order valence-corrected chi connectivity index (χ0v) is 20.6. The average molecular weight is 491 g/mol. The molecule has 0 aliphatic carbocycles. The fourth-order valence-corrected chi connectivity index (χ4v) is 4.51. The second-order valence-corrected chi connectivity index (χ2v) is 9.05. The highest BCUT2D eigenvalue weighted by Gasteiger charge is 2.26. The number of morpholine rings is 1. The van der Waals surface area contributed by atoms with Crippen molar-refractivity contribution in [2.45, 2.75) is 51.1 Å². The number of aliphatic hydroxyl groups is 1. The molecule has 4 heterocycles. The van der Waals surface area contributed by atoms with Gasteiger partial charge in [0.1, 0.15) is 5.82 Å². The molecule has 1 aromatic heterocycles. The van der Waals surface area contributed by atoms with Crippen molar-refractivity contribution >= 4 is 36.3 Å². The van der Waals surface area contributed by atoms with E-state index in [1.807, 2.05) is 4.90 Å². The van der Waals surface area contributed by atoms with Gasteiger partial charge < -0.3 is 29.1 Å². The highest BCUT2D eigenvalue weighted by atomic mass is 32.1. The zero-order chi connectivity index (χ0) is 22.8. The lowest BCUT2D eigenvalue weighted by Crippen LogP contribution is -2.45. The summed E-state index contributed by atoms with van der Waals surface area (Å²) in [6, 6.07) is 3.53. The number of aliphatic hydroxyl groups excluding tert-OH is 1. The number of aromatic nitrogens is 2. The molecule has 0 spiro atoms. The van der Waals surface area contributed by atoms with Crippen molar-refractivity contribution in [3.05, 3.63) is 29.5 Å². The molecule has 3 aliphatic rings. The van der Waals surface area contributed by atoms with Gasteiger partial charge in [0.25, 0.3) is 5.91 Å². The van der Waals surface area contributed by atoms with E-state index >= 15 is 0 Å². The van der Waals surface area contributed by atoms with Crippen LogP contribution in [0.1, 0.15) is 54.6 Å².